The summed E-state index contributed by atoms with van der Waals surface area (Å²) in [6.45, 7) is 12.3. The molecule has 1 spiro atoms. The lowest BCUT2D eigenvalue weighted by molar-refractivity contribution is -0.180. The van der Waals surface area contributed by atoms with Crippen LogP contribution < -0.4 is 4.74 Å². The third kappa shape index (κ3) is 8.65. The Morgan fingerprint density at radius 3 is 2.00 bits per heavy atom. The van der Waals surface area contributed by atoms with Crippen LogP contribution in [0.1, 0.15) is 115 Å². The maximum Gasteiger partial charge on any atom is 0.335 e. The number of carbonyl (C=O) groups excluding carboxylic acids is 3. The van der Waals surface area contributed by atoms with Gasteiger partial charge in [0, 0.05) is 17.6 Å². The van der Waals surface area contributed by atoms with Crippen molar-refractivity contribution in [3.8, 4) is 23.0 Å². The van der Waals surface area contributed by atoms with E-state index in [4.69, 9.17) is 9.47 Å². The zero-order valence-electron chi connectivity index (χ0n) is 30.1. The zero-order valence-corrected chi connectivity index (χ0v) is 30.1. The molecule has 4 rings (SSSR count). The van der Waals surface area contributed by atoms with Crippen LogP contribution in [0.5, 0.6) is 23.0 Å². The van der Waals surface area contributed by atoms with Crippen molar-refractivity contribution in [1.82, 2.24) is 0 Å². The number of ether oxygens (including phenoxy) is 2. The van der Waals surface area contributed by atoms with Gasteiger partial charge in [-0.2, -0.15) is 0 Å². The quantitative estimate of drug-likeness (QED) is 0.0557. The number of hydrogen-bond acceptors (Lipinski definition) is 8. The first-order valence-electron chi connectivity index (χ1n) is 17.3. The van der Waals surface area contributed by atoms with Crippen LogP contribution in [0.3, 0.4) is 0 Å². The van der Waals surface area contributed by atoms with E-state index in [2.05, 4.69) is 39.0 Å². The lowest BCUT2D eigenvalue weighted by Crippen LogP contribution is -2.56. The highest BCUT2D eigenvalue weighted by molar-refractivity contribution is 6.03. The maximum atomic E-state index is 14.4. The summed E-state index contributed by atoms with van der Waals surface area (Å²) in [6, 6.07) is 7.85. The molecule has 0 fully saturated rings. The minimum absolute atomic E-state index is 0.0483. The molecule has 8 nitrogen and oxygen atoms in total. The third-order valence-electron chi connectivity index (χ3n) is 9.46. The SMILES string of the molecule is CC(C)=CCCC(C)=CCCC1=CC2(OC1=O)c1cc(O)ccc1OC(=O)C2(CCC=C(C)CCC=C(C)C)CC(=O)c1cc(O)ccc1O. The molecule has 2 aliphatic heterocycles. The van der Waals surface area contributed by atoms with Gasteiger partial charge in [0.15, 0.2) is 11.4 Å². The highest BCUT2D eigenvalue weighted by Crippen LogP contribution is 2.60. The molecule has 50 heavy (non-hydrogen) atoms. The number of phenols is 3. The second-order valence-electron chi connectivity index (χ2n) is 14.1. The molecule has 0 aliphatic carbocycles. The molecule has 2 atom stereocenters. The van der Waals surface area contributed by atoms with Gasteiger partial charge in [-0.05, 0) is 135 Å². The van der Waals surface area contributed by atoms with Gasteiger partial charge in [0.2, 0.25) is 0 Å². The molecular weight excluding hydrogens is 632 g/mol. The van der Waals surface area contributed by atoms with Crippen LogP contribution in [-0.4, -0.2) is 33.0 Å². The first-order valence-corrected chi connectivity index (χ1v) is 17.3. The predicted molar refractivity (Wildman–Crippen MR) is 194 cm³/mol. The number of carbonyl (C=O) groups is 3. The Kier molecular flexibility index (Phi) is 12.3. The molecular formula is C42H50O8. The Labute approximate surface area is 295 Å². The average molecular weight is 683 g/mol. The molecule has 8 heteroatoms. The second-order valence-corrected chi connectivity index (χ2v) is 14.1. The molecule has 0 saturated heterocycles. The highest BCUT2D eigenvalue weighted by atomic mass is 16.6. The summed E-state index contributed by atoms with van der Waals surface area (Å²) >= 11 is 0. The maximum absolute atomic E-state index is 14.4. The number of benzene rings is 2. The molecule has 3 N–H and O–H groups in total. The summed E-state index contributed by atoms with van der Waals surface area (Å²) < 4.78 is 12.2. The summed E-state index contributed by atoms with van der Waals surface area (Å²) in [5, 5.41) is 31.4. The van der Waals surface area contributed by atoms with Crippen LogP contribution in [0.2, 0.25) is 0 Å². The molecule has 0 bridgehead atoms. The van der Waals surface area contributed by atoms with Crippen molar-refractivity contribution in [2.75, 3.05) is 0 Å². The van der Waals surface area contributed by atoms with E-state index >= 15 is 0 Å². The minimum Gasteiger partial charge on any atom is -0.508 e. The number of Topliss-reactive ketones (excluding diaryl/α,β-unsaturated/α-hetero) is 1. The molecule has 266 valence electrons. The molecule has 2 unspecified atom stereocenters. The highest BCUT2D eigenvalue weighted by Gasteiger charge is 2.66. The van der Waals surface area contributed by atoms with Gasteiger partial charge in [0.25, 0.3) is 0 Å². The fraction of sp³-hybridized carbons (Fsp3) is 0.405. The third-order valence-corrected chi connectivity index (χ3v) is 9.46. The van der Waals surface area contributed by atoms with Crippen molar-refractivity contribution in [2.24, 2.45) is 5.41 Å². The molecule has 2 aromatic carbocycles. The van der Waals surface area contributed by atoms with Gasteiger partial charge in [-0.1, -0.05) is 46.6 Å². The van der Waals surface area contributed by atoms with E-state index < -0.39 is 35.2 Å². The minimum atomic E-state index is -1.79. The van der Waals surface area contributed by atoms with Crippen LogP contribution in [0.25, 0.3) is 0 Å². The van der Waals surface area contributed by atoms with Crippen molar-refractivity contribution in [3.05, 3.63) is 106 Å². The fourth-order valence-corrected chi connectivity index (χ4v) is 6.71. The van der Waals surface area contributed by atoms with Gasteiger partial charge in [0.1, 0.15) is 28.4 Å². The number of allylic oxidation sites excluding steroid dienone is 8. The number of phenolic OH excluding ortho intramolecular Hbond substituents is 3. The van der Waals surface area contributed by atoms with Gasteiger partial charge in [-0.3, -0.25) is 9.59 Å². The fourth-order valence-electron chi connectivity index (χ4n) is 6.71. The number of rotatable bonds is 15. The Bertz CT molecular complexity index is 1780. The first kappa shape index (κ1) is 38.0. The predicted octanol–water partition coefficient (Wildman–Crippen LogP) is 9.61. The van der Waals surface area contributed by atoms with Crippen LogP contribution >= 0.6 is 0 Å². The van der Waals surface area contributed by atoms with Crippen molar-refractivity contribution in [3.63, 3.8) is 0 Å². The number of ketones is 1. The summed E-state index contributed by atoms with van der Waals surface area (Å²) in [7, 11) is 0. The normalized spacial score (nSPS) is 20.2. The van der Waals surface area contributed by atoms with Gasteiger partial charge < -0.3 is 24.8 Å². The Morgan fingerprint density at radius 1 is 0.760 bits per heavy atom. The van der Waals surface area contributed by atoms with Gasteiger partial charge >= 0.3 is 11.9 Å². The van der Waals surface area contributed by atoms with E-state index in [-0.39, 0.29) is 40.5 Å². The van der Waals surface area contributed by atoms with Crippen LogP contribution in [-0.2, 0) is 19.9 Å². The topological polar surface area (TPSA) is 130 Å². The molecule has 0 aromatic heterocycles. The van der Waals surface area contributed by atoms with Gasteiger partial charge in [0.05, 0.1) is 5.56 Å². The Morgan fingerprint density at radius 2 is 1.36 bits per heavy atom. The lowest BCUT2D eigenvalue weighted by atomic mass is 9.61. The van der Waals surface area contributed by atoms with Crippen molar-refractivity contribution < 1.29 is 39.2 Å². The van der Waals surface area contributed by atoms with Crippen molar-refractivity contribution >= 4 is 17.7 Å². The van der Waals surface area contributed by atoms with Crippen molar-refractivity contribution in [2.45, 2.75) is 105 Å². The molecule has 2 aliphatic rings. The average Bonchev–Trinajstić information content (AvgIpc) is 3.37. The van der Waals surface area contributed by atoms with Gasteiger partial charge in [-0.15, -0.1) is 0 Å². The van der Waals surface area contributed by atoms with E-state index in [0.717, 1.165) is 37.3 Å². The van der Waals surface area contributed by atoms with Gasteiger partial charge in [-0.25, -0.2) is 4.79 Å². The Hall–Kier alpha value is -4.85. The first-order chi connectivity index (χ1) is 23.7. The summed E-state index contributed by atoms with van der Waals surface area (Å²) in [4.78, 5) is 42.3. The number of fused-ring (bicyclic) bond motifs is 2. The molecule has 0 radical (unpaired) electrons. The van der Waals surface area contributed by atoms with E-state index in [0.29, 0.717) is 24.8 Å². The molecule has 2 heterocycles. The summed E-state index contributed by atoms with van der Waals surface area (Å²) in [5.74, 6) is -2.63. The largest absolute Gasteiger partial charge is 0.508 e. The van der Waals surface area contributed by atoms with Crippen LogP contribution in [0.4, 0.5) is 0 Å². The number of hydrogen-bond donors (Lipinski definition) is 3. The zero-order chi connectivity index (χ0) is 36.6. The number of esters is 2. The summed E-state index contributed by atoms with van der Waals surface area (Å²) in [5.41, 5.74) is 1.62. The van der Waals surface area contributed by atoms with Crippen molar-refractivity contribution in [1.29, 1.82) is 0 Å². The summed E-state index contributed by atoms with van der Waals surface area (Å²) in [6.07, 6.45) is 14.4. The molecule has 0 saturated carbocycles. The second kappa shape index (κ2) is 16.2. The monoisotopic (exact) mass is 682 g/mol. The van der Waals surface area contributed by atoms with E-state index in [9.17, 15) is 29.7 Å². The molecule has 0 amide bonds. The smallest absolute Gasteiger partial charge is 0.335 e. The standard InChI is InChI=1S/C42H50O8/c1-27(2)11-7-13-29(5)15-9-17-31-25-42(50-39(31)47)35-24-33(44)19-21-38(35)49-40(48)41(42,22-10-16-30(6)14-8-12-28(3)4)26-37(46)34-23-32(43)18-20-36(34)45/h11-12,15-16,18-21,23-25,43-45H,7-10,13-14,17,22,26H2,1-6H3. The lowest BCUT2D eigenvalue weighted by Gasteiger charge is -2.47. The van der Waals surface area contributed by atoms with E-state index in [1.807, 2.05) is 26.8 Å². The molecule has 2 aromatic rings. The van der Waals surface area contributed by atoms with Crippen LogP contribution in [0, 0.1) is 5.41 Å². The van der Waals surface area contributed by atoms with E-state index in [1.165, 1.54) is 47.1 Å². The Balaban J connectivity index is 1.81. The number of aromatic hydroxyl groups is 3. The van der Waals surface area contributed by atoms with Crippen LogP contribution in [0.15, 0.2) is 94.6 Å². The van der Waals surface area contributed by atoms with E-state index in [1.54, 1.807) is 6.08 Å².